The molecule has 0 atom stereocenters. The molecule has 1 rings (SSSR count). The first kappa shape index (κ1) is 18.6. The van der Waals surface area contributed by atoms with Crippen molar-refractivity contribution in [1.29, 1.82) is 0 Å². The van der Waals surface area contributed by atoms with Crippen LogP contribution in [0.2, 0.25) is 0 Å². The lowest BCUT2D eigenvalue weighted by Gasteiger charge is -2.37. The fourth-order valence-electron chi connectivity index (χ4n) is 0.975. The van der Waals surface area contributed by atoms with Crippen LogP contribution < -0.4 is 0 Å². The Bertz CT molecular complexity index is 349. The molecule has 19 heavy (non-hydrogen) atoms. The van der Waals surface area contributed by atoms with Gasteiger partial charge in [0.1, 0.15) is 0 Å². The lowest BCUT2D eigenvalue weighted by Crippen LogP contribution is -2.50. The van der Waals surface area contributed by atoms with Crippen molar-refractivity contribution < 1.29 is 19.8 Å². The van der Waals surface area contributed by atoms with Crippen molar-refractivity contribution in [3.8, 4) is 0 Å². The Hall–Kier alpha value is -0.395. The van der Waals surface area contributed by atoms with E-state index in [4.69, 9.17) is 10.0 Å². The molecule has 6 heteroatoms. The first-order valence-electron chi connectivity index (χ1n) is 5.96. The molecule has 0 unspecified atom stereocenters. The summed E-state index contributed by atoms with van der Waals surface area (Å²) in [7, 11) is -1.85. The van der Waals surface area contributed by atoms with Gasteiger partial charge >= 0.3 is 7.32 Å². The van der Waals surface area contributed by atoms with Gasteiger partial charge in [0, 0.05) is 5.33 Å². The number of rotatable bonds is 4. The second-order valence-electron chi connectivity index (χ2n) is 5.13. The van der Waals surface area contributed by atoms with E-state index in [2.05, 4.69) is 32.7 Å². The summed E-state index contributed by atoms with van der Waals surface area (Å²) in [5, 5.41) is 27.3. The van der Waals surface area contributed by atoms with E-state index in [9.17, 15) is 5.11 Å². The lowest BCUT2D eigenvalue weighted by molar-refractivity contribution is -0.109. The molecule has 1 aromatic rings. The van der Waals surface area contributed by atoms with Crippen LogP contribution >= 0.6 is 15.9 Å². The van der Waals surface area contributed by atoms with Gasteiger partial charge in [0.25, 0.3) is 0 Å². The molecule has 108 valence electrons. The Morgan fingerprint density at radius 2 is 1.58 bits per heavy atom. The zero-order valence-corrected chi connectivity index (χ0v) is 13.4. The van der Waals surface area contributed by atoms with Gasteiger partial charge in [0.15, 0.2) is 0 Å². The maximum absolute atomic E-state index is 9.45. The van der Waals surface area contributed by atoms with Gasteiger partial charge in [-0.1, -0.05) is 46.3 Å². The molecular weight excluding hydrogens is 311 g/mol. The molecule has 0 radical (unpaired) electrons. The van der Waals surface area contributed by atoms with Crippen molar-refractivity contribution in [3.63, 3.8) is 0 Å². The monoisotopic (exact) mass is 332 g/mol. The smallest absolute Gasteiger partial charge is 0.402 e. The summed E-state index contributed by atoms with van der Waals surface area (Å²) in [5.74, 6) is 0. The minimum Gasteiger partial charge on any atom is -0.402 e. The summed E-state index contributed by atoms with van der Waals surface area (Å²) in [6.07, 6.45) is 0. The molecule has 0 bridgehead atoms. The minimum atomic E-state index is -1.85. The summed E-state index contributed by atoms with van der Waals surface area (Å²) in [4.78, 5) is 0. The fourth-order valence-corrected chi connectivity index (χ4v) is 1.35. The van der Waals surface area contributed by atoms with Gasteiger partial charge < -0.3 is 19.8 Å². The van der Waals surface area contributed by atoms with Crippen molar-refractivity contribution in [2.45, 2.75) is 44.2 Å². The molecule has 0 aliphatic rings. The zero-order chi connectivity index (χ0) is 15.1. The van der Waals surface area contributed by atoms with E-state index in [1.165, 1.54) is 19.4 Å². The van der Waals surface area contributed by atoms with Crippen LogP contribution in [0, 0.1) is 0 Å². The molecule has 0 saturated carbocycles. The molecule has 1 aromatic carbocycles. The molecule has 0 aromatic heterocycles. The Labute approximate surface area is 123 Å². The maximum Gasteiger partial charge on any atom is 0.634 e. The topological polar surface area (TPSA) is 69.9 Å². The summed E-state index contributed by atoms with van der Waals surface area (Å²) in [5.41, 5.74) is -0.773. The Kier molecular flexibility index (Phi) is 7.85. The number of hydrogen-bond donors (Lipinski definition) is 3. The van der Waals surface area contributed by atoms with Crippen LogP contribution in [-0.4, -0.2) is 33.7 Å². The molecule has 0 aliphatic heterocycles. The Balaban J connectivity index is 0.000000356. The predicted octanol–water partition coefficient (Wildman–Crippen LogP) is 2.10. The van der Waals surface area contributed by atoms with Crippen molar-refractivity contribution in [3.05, 3.63) is 35.9 Å². The fraction of sp³-hybridized carbons (Fsp3) is 0.538. The van der Waals surface area contributed by atoms with Crippen LogP contribution in [-0.2, 0) is 9.98 Å². The molecule has 3 N–H and O–H groups in total. The van der Waals surface area contributed by atoms with E-state index in [1.807, 2.05) is 18.2 Å². The Morgan fingerprint density at radius 1 is 1.11 bits per heavy atom. The zero-order valence-electron chi connectivity index (χ0n) is 11.8. The average molecular weight is 333 g/mol. The molecule has 0 saturated heterocycles. The van der Waals surface area contributed by atoms with Crippen LogP contribution in [0.3, 0.4) is 0 Å². The lowest BCUT2D eigenvalue weighted by atomic mass is 9.88. The predicted molar refractivity (Wildman–Crippen MR) is 80.7 cm³/mol. The highest BCUT2D eigenvalue weighted by atomic mass is 79.9. The minimum absolute atomic E-state index is 0.952. The molecule has 0 fully saturated rings. The van der Waals surface area contributed by atoms with Crippen LogP contribution in [0.4, 0.5) is 0 Å². The van der Waals surface area contributed by atoms with Crippen LogP contribution in [0.15, 0.2) is 30.3 Å². The Morgan fingerprint density at radius 3 is 1.79 bits per heavy atom. The third kappa shape index (κ3) is 7.69. The number of hydrogen-bond acceptors (Lipinski definition) is 4. The first-order chi connectivity index (χ1) is 8.60. The van der Waals surface area contributed by atoms with E-state index >= 15 is 0 Å². The van der Waals surface area contributed by atoms with E-state index < -0.39 is 18.5 Å². The third-order valence-electron chi connectivity index (χ3n) is 2.87. The van der Waals surface area contributed by atoms with E-state index in [1.54, 1.807) is 13.8 Å². The average Bonchev–Trinajstić information content (AvgIpc) is 2.28. The van der Waals surface area contributed by atoms with Gasteiger partial charge in [-0.2, -0.15) is 0 Å². The van der Waals surface area contributed by atoms with Gasteiger partial charge in [-0.25, -0.2) is 0 Å². The highest BCUT2D eigenvalue weighted by Gasteiger charge is 2.38. The van der Waals surface area contributed by atoms with Gasteiger partial charge in [0.05, 0.1) is 11.2 Å². The molecule has 0 amide bonds. The van der Waals surface area contributed by atoms with Crippen LogP contribution in [0.1, 0.15) is 33.3 Å². The van der Waals surface area contributed by atoms with E-state index in [-0.39, 0.29) is 0 Å². The van der Waals surface area contributed by atoms with Crippen molar-refractivity contribution in [2.24, 2.45) is 0 Å². The molecule has 0 spiro atoms. The van der Waals surface area contributed by atoms with Crippen LogP contribution in [0.5, 0.6) is 0 Å². The standard InChI is InChI=1S/C7H7Br.C6H15BO4/c8-6-7-4-2-1-3-5-7;1-5(2,8)6(3,4)11-7(9)10/h1-5H,6H2;8-10H,1-4H3. The number of aliphatic hydroxyl groups is 1. The molecule has 4 nitrogen and oxygen atoms in total. The van der Waals surface area contributed by atoms with Gasteiger partial charge in [-0.3, -0.25) is 0 Å². The van der Waals surface area contributed by atoms with Crippen LogP contribution in [0.25, 0.3) is 0 Å². The second kappa shape index (κ2) is 8.02. The number of alkyl halides is 1. The molecule has 0 aliphatic carbocycles. The van der Waals surface area contributed by atoms with Gasteiger partial charge in [0.2, 0.25) is 0 Å². The van der Waals surface area contributed by atoms with E-state index in [0.717, 1.165) is 5.33 Å². The largest absolute Gasteiger partial charge is 0.634 e. The normalized spacial score (nSPS) is 11.6. The quantitative estimate of drug-likeness (QED) is 0.583. The SMILES string of the molecule is BrCc1ccccc1.CC(C)(O)C(C)(C)OB(O)O. The summed E-state index contributed by atoms with van der Waals surface area (Å²) < 4.78 is 4.66. The van der Waals surface area contributed by atoms with Crippen molar-refractivity contribution in [1.82, 2.24) is 0 Å². The van der Waals surface area contributed by atoms with Gasteiger partial charge in [-0.05, 0) is 33.3 Å². The molecule has 0 heterocycles. The van der Waals surface area contributed by atoms with Crippen molar-refractivity contribution in [2.75, 3.05) is 0 Å². The maximum atomic E-state index is 9.45. The number of benzene rings is 1. The summed E-state index contributed by atoms with van der Waals surface area (Å²) in [6, 6.07) is 10.3. The third-order valence-corrected chi connectivity index (χ3v) is 3.52. The second-order valence-corrected chi connectivity index (χ2v) is 5.69. The summed E-state index contributed by atoms with van der Waals surface area (Å²) in [6.45, 7) is 6.23. The summed E-state index contributed by atoms with van der Waals surface area (Å²) >= 11 is 3.36. The highest BCUT2D eigenvalue weighted by molar-refractivity contribution is 9.08. The van der Waals surface area contributed by atoms with E-state index in [0.29, 0.717) is 0 Å². The van der Waals surface area contributed by atoms with Gasteiger partial charge in [-0.15, -0.1) is 0 Å². The molecular formula is C13H22BBrO4. The van der Waals surface area contributed by atoms with Crippen molar-refractivity contribution >= 4 is 23.3 Å². The first-order valence-corrected chi connectivity index (χ1v) is 7.08. The highest BCUT2D eigenvalue weighted by Crippen LogP contribution is 2.24. The number of halogens is 1.